The van der Waals surface area contributed by atoms with Crippen molar-refractivity contribution in [1.29, 1.82) is 0 Å². The number of amides is 1. The van der Waals surface area contributed by atoms with Crippen molar-refractivity contribution in [3.63, 3.8) is 0 Å². The maximum absolute atomic E-state index is 12.0. The minimum absolute atomic E-state index is 0.165. The fourth-order valence-corrected chi connectivity index (χ4v) is 1.97. The smallest absolute Gasteiger partial charge is 0.268 e. The minimum Gasteiger partial charge on any atom is -0.387 e. The molecule has 0 saturated carbocycles. The molecule has 0 aliphatic rings. The monoisotopic (exact) mass is 258 g/mol. The molecule has 2 N–H and O–H groups in total. The van der Waals surface area contributed by atoms with Crippen LogP contribution < -0.4 is 5.32 Å². The number of benzene rings is 1. The van der Waals surface area contributed by atoms with Crippen molar-refractivity contribution in [2.45, 2.75) is 19.6 Å². The molecule has 0 saturated heterocycles. The Hall–Kier alpha value is -2.07. The number of rotatable bonds is 5. The van der Waals surface area contributed by atoms with Crippen molar-refractivity contribution in [2.75, 3.05) is 6.54 Å². The minimum atomic E-state index is -0.685. The first-order valence-corrected chi connectivity index (χ1v) is 6.38. The van der Waals surface area contributed by atoms with Gasteiger partial charge in [0.15, 0.2) is 0 Å². The second-order valence-electron chi connectivity index (χ2n) is 4.32. The summed E-state index contributed by atoms with van der Waals surface area (Å²) in [6.45, 7) is 2.93. The van der Waals surface area contributed by atoms with Crippen molar-refractivity contribution < 1.29 is 9.90 Å². The zero-order chi connectivity index (χ0) is 13.7. The predicted molar refractivity (Wildman–Crippen MR) is 73.8 cm³/mol. The number of aliphatic hydroxyl groups is 1. The molecule has 0 bridgehead atoms. The van der Waals surface area contributed by atoms with E-state index in [1.165, 1.54) is 0 Å². The number of carbonyl (C=O) groups is 1. The highest BCUT2D eigenvalue weighted by atomic mass is 16.3. The Kier molecular flexibility index (Phi) is 4.36. The molecule has 1 unspecified atom stereocenters. The molecule has 19 heavy (non-hydrogen) atoms. The SMILES string of the molecule is CCn1cccc1C(=O)NCC(O)c1ccccc1. The largest absolute Gasteiger partial charge is 0.387 e. The summed E-state index contributed by atoms with van der Waals surface area (Å²) >= 11 is 0. The van der Waals surface area contributed by atoms with Crippen molar-refractivity contribution in [2.24, 2.45) is 0 Å². The van der Waals surface area contributed by atoms with Gasteiger partial charge in [-0.05, 0) is 24.6 Å². The Labute approximate surface area is 112 Å². The zero-order valence-corrected chi connectivity index (χ0v) is 10.9. The van der Waals surface area contributed by atoms with Crippen LogP contribution in [0.4, 0.5) is 0 Å². The van der Waals surface area contributed by atoms with Gasteiger partial charge in [-0.3, -0.25) is 4.79 Å². The third kappa shape index (κ3) is 3.23. The van der Waals surface area contributed by atoms with Crippen LogP contribution in [-0.4, -0.2) is 22.1 Å². The Morgan fingerprint density at radius 3 is 2.68 bits per heavy atom. The fourth-order valence-electron chi connectivity index (χ4n) is 1.97. The summed E-state index contributed by atoms with van der Waals surface area (Å²) in [5.41, 5.74) is 1.41. The molecular formula is C15H18N2O2. The summed E-state index contributed by atoms with van der Waals surface area (Å²) in [5, 5.41) is 12.7. The molecule has 1 aromatic carbocycles. The molecule has 4 nitrogen and oxygen atoms in total. The summed E-state index contributed by atoms with van der Waals surface area (Å²) in [6, 6.07) is 12.9. The van der Waals surface area contributed by atoms with Gasteiger partial charge in [0.05, 0.1) is 6.10 Å². The molecule has 1 atom stereocenters. The van der Waals surface area contributed by atoms with E-state index in [2.05, 4.69) is 5.32 Å². The number of aryl methyl sites for hydroxylation is 1. The van der Waals surface area contributed by atoms with Crippen LogP contribution in [0, 0.1) is 0 Å². The van der Waals surface area contributed by atoms with Gasteiger partial charge in [-0.1, -0.05) is 30.3 Å². The number of nitrogens with one attached hydrogen (secondary N) is 1. The zero-order valence-electron chi connectivity index (χ0n) is 10.9. The molecule has 2 aromatic rings. The highest BCUT2D eigenvalue weighted by Gasteiger charge is 2.12. The lowest BCUT2D eigenvalue weighted by molar-refractivity contribution is 0.0907. The lowest BCUT2D eigenvalue weighted by Gasteiger charge is -2.13. The lowest BCUT2D eigenvalue weighted by atomic mass is 10.1. The van der Waals surface area contributed by atoms with Gasteiger partial charge in [-0.15, -0.1) is 0 Å². The standard InChI is InChI=1S/C15H18N2O2/c1-2-17-10-6-9-13(17)15(19)16-11-14(18)12-7-4-3-5-8-12/h3-10,14,18H,2,11H2,1H3,(H,16,19). The number of nitrogens with zero attached hydrogens (tertiary/aromatic N) is 1. The third-order valence-corrected chi connectivity index (χ3v) is 3.04. The number of aromatic nitrogens is 1. The van der Waals surface area contributed by atoms with E-state index < -0.39 is 6.10 Å². The highest BCUT2D eigenvalue weighted by Crippen LogP contribution is 2.11. The first-order valence-electron chi connectivity index (χ1n) is 6.38. The van der Waals surface area contributed by atoms with Crippen molar-refractivity contribution in [1.82, 2.24) is 9.88 Å². The normalized spacial score (nSPS) is 12.1. The Morgan fingerprint density at radius 2 is 2.00 bits per heavy atom. The van der Waals surface area contributed by atoms with E-state index in [0.717, 1.165) is 12.1 Å². The Balaban J connectivity index is 1.94. The molecule has 0 aliphatic carbocycles. The Morgan fingerprint density at radius 1 is 1.26 bits per heavy atom. The van der Waals surface area contributed by atoms with Crippen LogP contribution in [-0.2, 0) is 6.54 Å². The van der Waals surface area contributed by atoms with Crippen LogP contribution in [0.5, 0.6) is 0 Å². The van der Waals surface area contributed by atoms with Crippen molar-refractivity contribution >= 4 is 5.91 Å². The summed E-state index contributed by atoms with van der Waals surface area (Å²) in [5.74, 6) is -0.165. The highest BCUT2D eigenvalue weighted by molar-refractivity contribution is 5.92. The van der Waals surface area contributed by atoms with Gasteiger partial charge < -0.3 is 15.0 Å². The quantitative estimate of drug-likeness (QED) is 0.861. The van der Waals surface area contributed by atoms with Gasteiger partial charge in [0, 0.05) is 19.3 Å². The van der Waals surface area contributed by atoms with E-state index in [9.17, 15) is 9.90 Å². The molecule has 1 amide bonds. The fraction of sp³-hybridized carbons (Fsp3) is 0.267. The number of aliphatic hydroxyl groups excluding tert-OH is 1. The first kappa shape index (κ1) is 13.4. The van der Waals surface area contributed by atoms with Gasteiger partial charge in [0.2, 0.25) is 0 Å². The van der Waals surface area contributed by atoms with Crippen LogP contribution in [0.1, 0.15) is 29.1 Å². The van der Waals surface area contributed by atoms with Crippen molar-refractivity contribution in [3.05, 3.63) is 59.9 Å². The molecule has 4 heteroatoms. The van der Waals surface area contributed by atoms with Crippen LogP contribution >= 0.6 is 0 Å². The van der Waals surface area contributed by atoms with Gasteiger partial charge in [0.1, 0.15) is 5.69 Å². The topological polar surface area (TPSA) is 54.3 Å². The first-order chi connectivity index (χ1) is 9.22. The van der Waals surface area contributed by atoms with Crippen LogP contribution in [0.15, 0.2) is 48.7 Å². The average Bonchev–Trinajstić information content (AvgIpc) is 2.93. The molecule has 100 valence electrons. The second kappa shape index (κ2) is 6.20. The van der Waals surface area contributed by atoms with Gasteiger partial charge in [-0.25, -0.2) is 0 Å². The van der Waals surface area contributed by atoms with E-state index in [-0.39, 0.29) is 12.5 Å². The average molecular weight is 258 g/mol. The van der Waals surface area contributed by atoms with Gasteiger partial charge in [-0.2, -0.15) is 0 Å². The van der Waals surface area contributed by atoms with Crippen LogP contribution in [0.25, 0.3) is 0 Å². The summed E-state index contributed by atoms with van der Waals surface area (Å²) < 4.78 is 1.87. The number of hydrogen-bond donors (Lipinski definition) is 2. The van der Waals surface area contributed by atoms with E-state index >= 15 is 0 Å². The third-order valence-electron chi connectivity index (χ3n) is 3.04. The second-order valence-corrected chi connectivity index (χ2v) is 4.32. The maximum atomic E-state index is 12.0. The van der Waals surface area contributed by atoms with Crippen molar-refractivity contribution in [3.8, 4) is 0 Å². The molecular weight excluding hydrogens is 240 g/mol. The van der Waals surface area contributed by atoms with E-state index in [0.29, 0.717) is 5.69 Å². The van der Waals surface area contributed by atoms with Crippen LogP contribution in [0.3, 0.4) is 0 Å². The molecule has 0 fully saturated rings. The number of carbonyl (C=O) groups excluding carboxylic acids is 1. The summed E-state index contributed by atoms with van der Waals surface area (Å²) in [4.78, 5) is 12.0. The van der Waals surface area contributed by atoms with E-state index in [1.807, 2.05) is 54.1 Å². The molecule has 1 aromatic heterocycles. The summed E-state index contributed by atoms with van der Waals surface area (Å²) in [6.07, 6.45) is 1.18. The summed E-state index contributed by atoms with van der Waals surface area (Å²) in [7, 11) is 0. The molecule has 0 spiro atoms. The van der Waals surface area contributed by atoms with E-state index in [1.54, 1.807) is 6.07 Å². The van der Waals surface area contributed by atoms with Crippen LogP contribution in [0.2, 0.25) is 0 Å². The molecule has 0 radical (unpaired) electrons. The van der Waals surface area contributed by atoms with E-state index in [4.69, 9.17) is 0 Å². The molecule has 2 rings (SSSR count). The lowest BCUT2D eigenvalue weighted by Crippen LogP contribution is -2.29. The molecule has 0 aliphatic heterocycles. The van der Waals surface area contributed by atoms with Gasteiger partial charge >= 0.3 is 0 Å². The predicted octanol–water partition coefficient (Wildman–Crippen LogP) is 1.97. The number of hydrogen-bond acceptors (Lipinski definition) is 2. The maximum Gasteiger partial charge on any atom is 0.268 e. The van der Waals surface area contributed by atoms with Gasteiger partial charge in [0.25, 0.3) is 5.91 Å². The molecule has 1 heterocycles. The Bertz CT molecular complexity index is 534.